The van der Waals surface area contributed by atoms with Crippen LogP contribution in [0.25, 0.3) is 0 Å². The van der Waals surface area contributed by atoms with Crippen LogP contribution in [-0.2, 0) is 6.42 Å². The molecule has 1 aliphatic heterocycles. The summed E-state index contributed by atoms with van der Waals surface area (Å²) >= 11 is 2.02. The molecule has 13 heavy (non-hydrogen) atoms. The standard InChI is InChI=1S/C8H13N3OS/c1(8-10-6-11-12-8)3-9-7-2-4-13-5-7/h6-7,9H,1-5H2. The first-order valence-corrected chi connectivity index (χ1v) is 5.67. The minimum atomic E-state index is 0.688. The Morgan fingerprint density at radius 2 is 2.69 bits per heavy atom. The minimum Gasteiger partial charge on any atom is -0.340 e. The van der Waals surface area contributed by atoms with E-state index in [0.29, 0.717) is 6.04 Å². The lowest BCUT2D eigenvalue weighted by molar-refractivity contribution is 0.372. The molecule has 1 saturated heterocycles. The van der Waals surface area contributed by atoms with Crippen molar-refractivity contribution < 1.29 is 4.52 Å². The Morgan fingerprint density at radius 3 is 3.38 bits per heavy atom. The molecule has 1 atom stereocenters. The lowest BCUT2D eigenvalue weighted by Crippen LogP contribution is -2.30. The van der Waals surface area contributed by atoms with E-state index in [1.807, 2.05) is 11.8 Å². The van der Waals surface area contributed by atoms with Crippen LogP contribution >= 0.6 is 11.8 Å². The summed E-state index contributed by atoms with van der Waals surface area (Å²) in [6.45, 7) is 0.938. The van der Waals surface area contributed by atoms with Gasteiger partial charge in [-0.3, -0.25) is 0 Å². The third-order valence-electron chi connectivity index (χ3n) is 2.11. The normalized spacial score (nSPS) is 22.3. The van der Waals surface area contributed by atoms with Crippen LogP contribution in [0, 0.1) is 0 Å². The van der Waals surface area contributed by atoms with Crippen molar-refractivity contribution in [2.75, 3.05) is 18.1 Å². The van der Waals surface area contributed by atoms with E-state index in [9.17, 15) is 0 Å². The van der Waals surface area contributed by atoms with Gasteiger partial charge in [0.2, 0.25) is 5.89 Å². The SMILES string of the molecule is c1noc(CCNC2CCSC2)n1. The van der Waals surface area contributed by atoms with Crippen molar-refractivity contribution >= 4 is 11.8 Å². The Balaban J connectivity index is 1.63. The molecule has 1 unspecified atom stereocenters. The molecular weight excluding hydrogens is 186 g/mol. The van der Waals surface area contributed by atoms with Gasteiger partial charge < -0.3 is 9.84 Å². The summed E-state index contributed by atoms with van der Waals surface area (Å²) < 4.78 is 4.89. The van der Waals surface area contributed by atoms with Crippen molar-refractivity contribution in [2.45, 2.75) is 18.9 Å². The maximum Gasteiger partial charge on any atom is 0.227 e. The molecule has 1 fully saturated rings. The lowest BCUT2D eigenvalue weighted by Gasteiger charge is -2.08. The quantitative estimate of drug-likeness (QED) is 0.774. The highest BCUT2D eigenvalue weighted by atomic mass is 32.2. The molecule has 4 nitrogen and oxygen atoms in total. The number of hydrogen-bond donors (Lipinski definition) is 1. The monoisotopic (exact) mass is 199 g/mol. The van der Waals surface area contributed by atoms with Crippen molar-refractivity contribution in [1.82, 2.24) is 15.5 Å². The molecule has 0 amide bonds. The van der Waals surface area contributed by atoms with Crippen LogP contribution in [0.5, 0.6) is 0 Å². The molecule has 0 saturated carbocycles. The average Bonchev–Trinajstić information content (AvgIpc) is 2.75. The minimum absolute atomic E-state index is 0.688. The first kappa shape index (κ1) is 9.02. The van der Waals surface area contributed by atoms with Gasteiger partial charge in [0.05, 0.1) is 0 Å². The molecule has 0 aliphatic carbocycles. The Hall–Kier alpha value is -0.550. The maximum absolute atomic E-state index is 4.89. The van der Waals surface area contributed by atoms with Crippen molar-refractivity contribution in [3.63, 3.8) is 0 Å². The number of thioether (sulfide) groups is 1. The molecule has 0 aromatic carbocycles. The highest BCUT2D eigenvalue weighted by molar-refractivity contribution is 7.99. The summed E-state index contributed by atoms with van der Waals surface area (Å²) in [6, 6.07) is 0.688. The topological polar surface area (TPSA) is 51.0 Å². The molecule has 72 valence electrons. The second-order valence-electron chi connectivity index (χ2n) is 3.10. The van der Waals surface area contributed by atoms with E-state index in [2.05, 4.69) is 15.5 Å². The van der Waals surface area contributed by atoms with Gasteiger partial charge >= 0.3 is 0 Å². The van der Waals surface area contributed by atoms with Gasteiger partial charge in [0.15, 0.2) is 6.33 Å². The van der Waals surface area contributed by atoms with E-state index in [0.717, 1.165) is 18.9 Å². The summed E-state index contributed by atoms with van der Waals surface area (Å²) in [5.41, 5.74) is 0. The highest BCUT2D eigenvalue weighted by Crippen LogP contribution is 2.16. The van der Waals surface area contributed by atoms with Crippen molar-refractivity contribution in [3.8, 4) is 0 Å². The summed E-state index contributed by atoms with van der Waals surface area (Å²) in [5.74, 6) is 3.25. The zero-order chi connectivity index (χ0) is 8.93. The fourth-order valence-corrected chi connectivity index (χ4v) is 2.57. The molecule has 0 radical (unpaired) electrons. The third kappa shape index (κ3) is 2.70. The van der Waals surface area contributed by atoms with Gasteiger partial charge in [-0.25, -0.2) is 0 Å². The number of nitrogens with zero attached hydrogens (tertiary/aromatic N) is 2. The second-order valence-corrected chi connectivity index (χ2v) is 4.25. The molecule has 5 heteroatoms. The van der Waals surface area contributed by atoms with E-state index in [1.54, 1.807) is 0 Å². The largest absolute Gasteiger partial charge is 0.340 e. The van der Waals surface area contributed by atoms with Gasteiger partial charge in [-0.2, -0.15) is 16.7 Å². The van der Waals surface area contributed by atoms with Gasteiger partial charge in [0, 0.05) is 24.8 Å². The van der Waals surface area contributed by atoms with E-state index >= 15 is 0 Å². The summed E-state index contributed by atoms with van der Waals surface area (Å²) in [4.78, 5) is 3.96. The van der Waals surface area contributed by atoms with Gasteiger partial charge in [0.25, 0.3) is 0 Å². The second kappa shape index (κ2) is 4.62. The zero-order valence-corrected chi connectivity index (χ0v) is 8.22. The molecule has 0 bridgehead atoms. The van der Waals surface area contributed by atoms with E-state index in [1.165, 1.54) is 24.3 Å². The molecular formula is C8H13N3OS. The van der Waals surface area contributed by atoms with Crippen LogP contribution in [-0.4, -0.2) is 34.2 Å². The molecule has 1 aromatic rings. The van der Waals surface area contributed by atoms with E-state index < -0.39 is 0 Å². The van der Waals surface area contributed by atoms with E-state index in [-0.39, 0.29) is 0 Å². The van der Waals surface area contributed by atoms with Crippen LogP contribution in [0.1, 0.15) is 12.3 Å². The summed E-state index contributed by atoms with van der Waals surface area (Å²) in [5, 5.41) is 7.03. The molecule has 1 aromatic heterocycles. The van der Waals surface area contributed by atoms with Gasteiger partial charge in [-0.05, 0) is 12.2 Å². The smallest absolute Gasteiger partial charge is 0.227 e. The Kier molecular flexibility index (Phi) is 3.21. The lowest BCUT2D eigenvalue weighted by atomic mass is 10.2. The Morgan fingerprint density at radius 1 is 1.69 bits per heavy atom. The number of aromatic nitrogens is 2. The Bertz CT molecular complexity index is 234. The van der Waals surface area contributed by atoms with Gasteiger partial charge in [0.1, 0.15) is 0 Å². The van der Waals surface area contributed by atoms with Gasteiger partial charge in [-0.1, -0.05) is 5.16 Å². The van der Waals surface area contributed by atoms with Gasteiger partial charge in [-0.15, -0.1) is 0 Å². The zero-order valence-electron chi connectivity index (χ0n) is 7.40. The molecule has 1 aliphatic rings. The molecule has 0 spiro atoms. The first-order valence-electron chi connectivity index (χ1n) is 4.52. The average molecular weight is 199 g/mol. The fourth-order valence-electron chi connectivity index (χ4n) is 1.38. The predicted octanol–water partition coefficient (Wildman–Crippen LogP) is 0.707. The Labute approximate surface area is 81.5 Å². The maximum atomic E-state index is 4.89. The third-order valence-corrected chi connectivity index (χ3v) is 3.27. The molecule has 2 rings (SSSR count). The summed E-state index contributed by atoms with van der Waals surface area (Å²) in [7, 11) is 0. The number of nitrogens with one attached hydrogen (secondary N) is 1. The van der Waals surface area contributed by atoms with Crippen LogP contribution < -0.4 is 5.32 Å². The van der Waals surface area contributed by atoms with Crippen LogP contribution in [0.4, 0.5) is 0 Å². The van der Waals surface area contributed by atoms with E-state index in [4.69, 9.17) is 4.52 Å². The van der Waals surface area contributed by atoms with Crippen LogP contribution in [0.2, 0.25) is 0 Å². The first-order chi connectivity index (χ1) is 6.45. The number of rotatable bonds is 4. The van der Waals surface area contributed by atoms with Crippen molar-refractivity contribution in [1.29, 1.82) is 0 Å². The highest BCUT2D eigenvalue weighted by Gasteiger charge is 2.14. The fraction of sp³-hybridized carbons (Fsp3) is 0.750. The van der Waals surface area contributed by atoms with Crippen LogP contribution in [0.3, 0.4) is 0 Å². The van der Waals surface area contributed by atoms with Crippen molar-refractivity contribution in [3.05, 3.63) is 12.2 Å². The van der Waals surface area contributed by atoms with Crippen LogP contribution in [0.15, 0.2) is 10.9 Å². The predicted molar refractivity (Wildman–Crippen MR) is 51.7 cm³/mol. The molecule has 2 heterocycles. The van der Waals surface area contributed by atoms with Crippen molar-refractivity contribution in [2.24, 2.45) is 0 Å². The molecule has 1 N–H and O–H groups in total. The summed E-state index contributed by atoms with van der Waals surface area (Å²) in [6.07, 6.45) is 3.57. The number of hydrogen-bond acceptors (Lipinski definition) is 5.